The Labute approximate surface area is 141 Å². The summed E-state index contributed by atoms with van der Waals surface area (Å²) >= 11 is 0. The number of H-pyrrole nitrogens is 1. The molecule has 2 amide bonds. The molecule has 0 aliphatic carbocycles. The fraction of sp³-hybridized carbons (Fsp3) is 0.444. The van der Waals surface area contributed by atoms with Crippen molar-refractivity contribution < 1.29 is 9.59 Å². The number of benzene rings is 1. The van der Waals surface area contributed by atoms with Crippen LogP contribution in [0.2, 0.25) is 0 Å². The largest absolute Gasteiger partial charge is 0.369 e. The average Bonchev–Trinajstić information content (AvgIpc) is 2.83. The number of carbonyl (C=O) groups excluding carboxylic acids is 2. The van der Waals surface area contributed by atoms with Crippen LogP contribution in [0.5, 0.6) is 0 Å². The fourth-order valence-corrected chi connectivity index (χ4v) is 3.34. The van der Waals surface area contributed by atoms with Crippen molar-refractivity contribution in [3.8, 4) is 0 Å². The molecule has 3 rings (SSSR count). The standard InChI is InChI=1S/C18H24N4O2/c19-17(23)13-21-8-3-9-22(11-10-21)18(24)7-6-14-12-20-16-5-2-1-4-15(14)16/h1-2,4-5,12,20H,3,6-11,13H2,(H2,19,23). The lowest BCUT2D eigenvalue weighted by Crippen LogP contribution is -2.38. The van der Waals surface area contributed by atoms with Gasteiger partial charge in [0.1, 0.15) is 0 Å². The fourth-order valence-electron chi connectivity index (χ4n) is 3.34. The monoisotopic (exact) mass is 328 g/mol. The number of rotatable bonds is 5. The summed E-state index contributed by atoms with van der Waals surface area (Å²) in [4.78, 5) is 30.7. The Kier molecular flexibility index (Phi) is 5.15. The van der Waals surface area contributed by atoms with Gasteiger partial charge < -0.3 is 15.6 Å². The molecule has 1 aromatic heterocycles. The Hall–Kier alpha value is -2.34. The van der Waals surface area contributed by atoms with Crippen LogP contribution in [0, 0.1) is 0 Å². The van der Waals surface area contributed by atoms with Gasteiger partial charge in [-0.2, -0.15) is 0 Å². The lowest BCUT2D eigenvalue weighted by molar-refractivity contribution is -0.131. The van der Waals surface area contributed by atoms with E-state index in [1.165, 1.54) is 10.9 Å². The van der Waals surface area contributed by atoms with Crippen molar-refractivity contribution in [1.82, 2.24) is 14.8 Å². The minimum Gasteiger partial charge on any atom is -0.369 e. The molecule has 0 spiro atoms. The normalized spacial score (nSPS) is 16.2. The summed E-state index contributed by atoms with van der Waals surface area (Å²) in [5, 5.41) is 1.19. The molecular weight excluding hydrogens is 304 g/mol. The summed E-state index contributed by atoms with van der Waals surface area (Å²) in [7, 11) is 0. The Morgan fingerprint density at radius 2 is 1.96 bits per heavy atom. The third-order valence-corrected chi connectivity index (χ3v) is 4.60. The maximum atomic E-state index is 12.5. The molecule has 128 valence electrons. The summed E-state index contributed by atoms with van der Waals surface area (Å²) < 4.78 is 0. The Bertz CT molecular complexity index is 725. The summed E-state index contributed by atoms with van der Waals surface area (Å²) in [6, 6.07) is 8.15. The number of para-hydroxylation sites is 1. The predicted octanol–water partition coefficient (Wildman–Crippen LogP) is 1.12. The SMILES string of the molecule is NC(=O)CN1CCCN(C(=O)CCc2c[nH]c3ccccc23)CC1. The molecule has 2 heterocycles. The van der Waals surface area contributed by atoms with Crippen molar-refractivity contribution in [3.05, 3.63) is 36.0 Å². The first-order valence-electron chi connectivity index (χ1n) is 8.47. The zero-order valence-electron chi connectivity index (χ0n) is 13.8. The van der Waals surface area contributed by atoms with E-state index in [0.717, 1.165) is 31.4 Å². The first-order chi connectivity index (χ1) is 11.6. The predicted molar refractivity (Wildman–Crippen MR) is 93.5 cm³/mol. The lowest BCUT2D eigenvalue weighted by atomic mass is 10.1. The topological polar surface area (TPSA) is 82.4 Å². The number of nitrogens with two attached hydrogens (primary N) is 1. The zero-order valence-corrected chi connectivity index (χ0v) is 13.8. The highest BCUT2D eigenvalue weighted by Gasteiger charge is 2.20. The molecule has 1 aliphatic heterocycles. The molecular formula is C18H24N4O2. The van der Waals surface area contributed by atoms with Crippen LogP contribution in [0.15, 0.2) is 30.5 Å². The number of aromatic amines is 1. The van der Waals surface area contributed by atoms with E-state index in [-0.39, 0.29) is 18.4 Å². The van der Waals surface area contributed by atoms with Crippen LogP contribution in [0.25, 0.3) is 10.9 Å². The van der Waals surface area contributed by atoms with Gasteiger partial charge >= 0.3 is 0 Å². The maximum absolute atomic E-state index is 12.5. The van der Waals surface area contributed by atoms with Gasteiger partial charge in [0.15, 0.2) is 0 Å². The van der Waals surface area contributed by atoms with Crippen LogP contribution in [-0.4, -0.2) is 59.3 Å². The van der Waals surface area contributed by atoms with Crippen LogP contribution in [0.4, 0.5) is 0 Å². The number of hydrogen-bond donors (Lipinski definition) is 2. The van der Waals surface area contributed by atoms with Crippen molar-refractivity contribution >= 4 is 22.7 Å². The number of aromatic nitrogens is 1. The van der Waals surface area contributed by atoms with Gasteiger partial charge in [-0.15, -0.1) is 0 Å². The molecule has 1 aromatic carbocycles. The number of nitrogens with one attached hydrogen (secondary N) is 1. The number of hydrogen-bond acceptors (Lipinski definition) is 3. The van der Waals surface area contributed by atoms with Crippen molar-refractivity contribution in [2.45, 2.75) is 19.3 Å². The first kappa shape index (κ1) is 16.5. The van der Waals surface area contributed by atoms with Gasteiger partial charge in [0.2, 0.25) is 11.8 Å². The highest BCUT2D eigenvalue weighted by molar-refractivity contribution is 5.84. The van der Waals surface area contributed by atoms with E-state index < -0.39 is 0 Å². The van der Waals surface area contributed by atoms with Gasteiger partial charge in [-0.25, -0.2) is 0 Å². The number of primary amides is 1. The van der Waals surface area contributed by atoms with E-state index >= 15 is 0 Å². The van der Waals surface area contributed by atoms with E-state index in [9.17, 15) is 9.59 Å². The molecule has 0 unspecified atom stereocenters. The van der Waals surface area contributed by atoms with Gasteiger partial charge in [-0.05, 0) is 24.5 Å². The molecule has 3 N–H and O–H groups in total. The lowest BCUT2D eigenvalue weighted by Gasteiger charge is -2.21. The second kappa shape index (κ2) is 7.49. The molecule has 2 aromatic rings. The number of fused-ring (bicyclic) bond motifs is 1. The third kappa shape index (κ3) is 3.94. The van der Waals surface area contributed by atoms with E-state index in [4.69, 9.17) is 5.73 Å². The molecule has 1 aliphatic rings. The quantitative estimate of drug-likeness (QED) is 0.863. The average molecular weight is 328 g/mol. The number of carbonyl (C=O) groups is 2. The maximum Gasteiger partial charge on any atom is 0.231 e. The summed E-state index contributed by atoms with van der Waals surface area (Å²) in [6.45, 7) is 3.22. The zero-order chi connectivity index (χ0) is 16.9. The summed E-state index contributed by atoms with van der Waals surface area (Å²) in [6.07, 6.45) is 4.13. The van der Waals surface area contributed by atoms with E-state index in [1.807, 2.05) is 34.2 Å². The smallest absolute Gasteiger partial charge is 0.231 e. The highest BCUT2D eigenvalue weighted by Crippen LogP contribution is 2.19. The van der Waals surface area contributed by atoms with Crippen LogP contribution in [-0.2, 0) is 16.0 Å². The molecule has 0 bridgehead atoms. The molecule has 0 radical (unpaired) electrons. The molecule has 1 saturated heterocycles. The number of nitrogens with zero attached hydrogens (tertiary/aromatic N) is 2. The molecule has 0 atom stereocenters. The van der Waals surface area contributed by atoms with Crippen LogP contribution >= 0.6 is 0 Å². The Morgan fingerprint density at radius 3 is 2.79 bits per heavy atom. The Morgan fingerprint density at radius 1 is 1.12 bits per heavy atom. The second-order valence-corrected chi connectivity index (χ2v) is 6.34. The van der Waals surface area contributed by atoms with Crippen LogP contribution in [0.1, 0.15) is 18.4 Å². The molecule has 0 saturated carbocycles. The van der Waals surface area contributed by atoms with Gasteiger partial charge in [0.05, 0.1) is 6.54 Å². The molecule has 24 heavy (non-hydrogen) atoms. The number of amides is 2. The highest BCUT2D eigenvalue weighted by atomic mass is 16.2. The van der Waals surface area contributed by atoms with Crippen molar-refractivity contribution in [2.75, 3.05) is 32.7 Å². The van der Waals surface area contributed by atoms with E-state index in [0.29, 0.717) is 19.5 Å². The van der Waals surface area contributed by atoms with E-state index in [2.05, 4.69) is 11.1 Å². The summed E-state index contributed by atoms with van der Waals surface area (Å²) in [5.41, 5.74) is 7.54. The van der Waals surface area contributed by atoms with E-state index in [1.54, 1.807) is 0 Å². The molecule has 1 fully saturated rings. The minimum absolute atomic E-state index is 0.182. The van der Waals surface area contributed by atoms with Gasteiger partial charge in [0, 0.05) is 49.7 Å². The second-order valence-electron chi connectivity index (χ2n) is 6.34. The van der Waals surface area contributed by atoms with Gasteiger partial charge in [-0.1, -0.05) is 18.2 Å². The van der Waals surface area contributed by atoms with Gasteiger partial charge in [-0.3, -0.25) is 14.5 Å². The first-order valence-corrected chi connectivity index (χ1v) is 8.47. The van der Waals surface area contributed by atoms with Crippen LogP contribution in [0.3, 0.4) is 0 Å². The van der Waals surface area contributed by atoms with Crippen LogP contribution < -0.4 is 5.73 Å². The van der Waals surface area contributed by atoms with Crippen molar-refractivity contribution in [3.63, 3.8) is 0 Å². The van der Waals surface area contributed by atoms with Crippen molar-refractivity contribution in [2.24, 2.45) is 5.73 Å². The van der Waals surface area contributed by atoms with Gasteiger partial charge in [0.25, 0.3) is 0 Å². The molecule has 6 nitrogen and oxygen atoms in total. The van der Waals surface area contributed by atoms with Crippen molar-refractivity contribution in [1.29, 1.82) is 0 Å². The molecule has 6 heteroatoms. The number of aryl methyl sites for hydroxylation is 1. The Balaban J connectivity index is 1.54. The third-order valence-electron chi connectivity index (χ3n) is 4.60. The minimum atomic E-state index is -0.311. The summed E-state index contributed by atoms with van der Waals surface area (Å²) in [5.74, 6) is -0.129.